The van der Waals surface area contributed by atoms with E-state index in [1.807, 2.05) is 6.07 Å². The monoisotopic (exact) mass is 232 g/mol. The van der Waals surface area contributed by atoms with Crippen LogP contribution in [0.3, 0.4) is 0 Å². The lowest BCUT2D eigenvalue weighted by molar-refractivity contribution is 0.585. The molecule has 0 aliphatic carbocycles. The fourth-order valence-electron chi connectivity index (χ4n) is 1.03. The first-order chi connectivity index (χ1) is 6.46. The van der Waals surface area contributed by atoms with Crippen molar-refractivity contribution in [2.24, 2.45) is 0 Å². The molecule has 0 bridgehead atoms. The lowest BCUT2D eigenvalue weighted by atomic mass is 10.2. The maximum absolute atomic E-state index is 11.7. The lowest BCUT2D eigenvalue weighted by Crippen LogP contribution is -2.18. The number of halogens is 1. The maximum Gasteiger partial charge on any atom is 0.173 e. The highest BCUT2D eigenvalue weighted by Gasteiger charge is 2.27. The third-order valence-corrected chi connectivity index (χ3v) is 5.17. The van der Waals surface area contributed by atoms with Crippen LogP contribution in [0.5, 0.6) is 0 Å². The van der Waals surface area contributed by atoms with Gasteiger partial charge in [-0.1, -0.05) is 30.3 Å². The standard InChI is InChI=1S/C10H13ClO2S/c1-8(2)14(12,13)10(11)9-6-4-3-5-7-9/h3-8,10H,1-2H3. The SMILES string of the molecule is CC(C)S(=O)(=O)C(Cl)c1ccccc1. The van der Waals surface area contributed by atoms with Crippen molar-refractivity contribution in [1.82, 2.24) is 0 Å². The molecule has 0 amide bonds. The minimum Gasteiger partial charge on any atom is -0.227 e. The van der Waals surface area contributed by atoms with Crippen LogP contribution >= 0.6 is 11.6 Å². The second-order valence-electron chi connectivity index (χ2n) is 3.36. The molecule has 0 aliphatic heterocycles. The molecule has 1 aromatic carbocycles. The quantitative estimate of drug-likeness (QED) is 0.751. The highest BCUT2D eigenvalue weighted by molar-refractivity contribution is 7.93. The largest absolute Gasteiger partial charge is 0.227 e. The van der Waals surface area contributed by atoms with Gasteiger partial charge in [0, 0.05) is 0 Å². The molecule has 78 valence electrons. The smallest absolute Gasteiger partial charge is 0.173 e. The van der Waals surface area contributed by atoms with Crippen LogP contribution in [0.25, 0.3) is 0 Å². The number of sulfone groups is 1. The summed E-state index contributed by atoms with van der Waals surface area (Å²) in [6.07, 6.45) is 0. The Morgan fingerprint density at radius 2 is 1.64 bits per heavy atom. The third-order valence-electron chi connectivity index (χ3n) is 2.01. The summed E-state index contributed by atoms with van der Waals surface area (Å²) in [7, 11) is -3.26. The Labute approximate surface area is 89.8 Å². The molecule has 1 atom stereocenters. The predicted molar refractivity (Wildman–Crippen MR) is 59.1 cm³/mol. The van der Waals surface area contributed by atoms with Crippen molar-refractivity contribution in [1.29, 1.82) is 0 Å². The first kappa shape index (κ1) is 11.5. The zero-order valence-electron chi connectivity index (χ0n) is 8.14. The Hall–Kier alpha value is -0.540. The molecule has 0 N–H and O–H groups in total. The van der Waals surface area contributed by atoms with E-state index < -0.39 is 19.8 Å². The number of hydrogen-bond acceptors (Lipinski definition) is 2. The summed E-state index contributed by atoms with van der Waals surface area (Å²) < 4.78 is 22.5. The minimum absolute atomic E-state index is 0.454. The number of benzene rings is 1. The van der Waals surface area contributed by atoms with E-state index in [4.69, 9.17) is 11.6 Å². The zero-order valence-corrected chi connectivity index (χ0v) is 9.72. The molecule has 4 heteroatoms. The molecule has 0 spiro atoms. The van der Waals surface area contributed by atoms with Gasteiger partial charge in [-0.15, -0.1) is 11.6 Å². The zero-order chi connectivity index (χ0) is 10.8. The van der Waals surface area contributed by atoms with Crippen molar-refractivity contribution in [2.75, 3.05) is 0 Å². The Morgan fingerprint density at radius 3 is 2.07 bits per heavy atom. The van der Waals surface area contributed by atoms with E-state index in [9.17, 15) is 8.42 Å². The topological polar surface area (TPSA) is 34.1 Å². The van der Waals surface area contributed by atoms with Gasteiger partial charge in [0.15, 0.2) is 14.5 Å². The number of hydrogen-bond donors (Lipinski definition) is 0. The summed E-state index contributed by atoms with van der Waals surface area (Å²) in [5.74, 6) is 0. The van der Waals surface area contributed by atoms with Crippen molar-refractivity contribution >= 4 is 21.4 Å². The number of rotatable bonds is 3. The normalized spacial score (nSPS) is 14.3. The average Bonchev–Trinajstić information content (AvgIpc) is 2.17. The van der Waals surface area contributed by atoms with Crippen LogP contribution in [0.2, 0.25) is 0 Å². The maximum atomic E-state index is 11.7. The molecule has 2 nitrogen and oxygen atoms in total. The Bertz CT molecular complexity index is 384. The van der Waals surface area contributed by atoms with Gasteiger partial charge in [0.05, 0.1) is 5.25 Å². The van der Waals surface area contributed by atoms with Gasteiger partial charge in [0.2, 0.25) is 0 Å². The molecule has 0 aromatic heterocycles. The van der Waals surface area contributed by atoms with Crippen LogP contribution in [0.1, 0.15) is 24.1 Å². The molecule has 14 heavy (non-hydrogen) atoms. The molecule has 0 radical (unpaired) electrons. The van der Waals surface area contributed by atoms with Crippen LogP contribution < -0.4 is 0 Å². The summed E-state index contributed by atoms with van der Waals surface area (Å²) >= 11 is 5.90. The molecule has 1 rings (SSSR count). The first-order valence-electron chi connectivity index (χ1n) is 4.38. The Balaban J connectivity index is 3.03. The summed E-state index contributed by atoms with van der Waals surface area (Å²) in [5.41, 5.74) is 0.628. The van der Waals surface area contributed by atoms with E-state index in [-0.39, 0.29) is 0 Å². The van der Waals surface area contributed by atoms with Crippen LogP contribution in [-0.4, -0.2) is 13.7 Å². The molecular weight excluding hydrogens is 220 g/mol. The van der Waals surface area contributed by atoms with Crippen LogP contribution in [-0.2, 0) is 9.84 Å². The van der Waals surface area contributed by atoms with Gasteiger partial charge < -0.3 is 0 Å². The fraction of sp³-hybridized carbons (Fsp3) is 0.400. The van der Waals surface area contributed by atoms with Crippen molar-refractivity contribution in [2.45, 2.75) is 23.8 Å². The summed E-state index contributed by atoms with van der Waals surface area (Å²) in [5, 5.41) is -0.454. The molecular formula is C10H13ClO2S. The summed E-state index contributed by atoms with van der Waals surface area (Å²) in [6, 6.07) is 8.82. The van der Waals surface area contributed by atoms with Gasteiger partial charge in [-0.2, -0.15) is 0 Å². The van der Waals surface area contributed by atoms with E-state index in [0.717, 1.165) is 0 Å². The molecule has 1 unspecified atom stereocenters. The van der Waals surface area contributed by atoms with Crippen LogP contribution in [0, 0.1) is 0 Å². The van der Waals surface area contributed by atoms with Gasteiger partial charge >= 0.3 is 0 Å². The minimum atomic E-state index is -3.26. The first-order valence-corrected chi connectivity index (χ1v) is 6.42. The highest BCUT2D eigenvalue weighted by Crippen LogP contribution is 2.29. The van der Waals surface area contributed by atoms with E-state index in [1.165, 1.54) is 0 Å². The van der Waals surface area contributed by atoms with Gasteiger partial charge in [-0.3, -0.25) is 0 Å². The van der Waals surface area contributed by atoms with Crippen LogP contribution in [0.4, 0.5) is 0 Å². The molecule has 0 heterocycles. The Morgan fingerprint density at radius 1 is 1.14 bits per heavy atom. The number of alkyl halides is 1. The van der Waals surface area contributed by atoms with E-state index in [2.05, 4.69) is 0 Å². The van der Waals surface area contributed by atoms with Crippen molar-refractivity contribution in [3.8, 4) is 0 Å². The summed E-state index contributed by atoms with van der Waals surface area (Å²) in [4.78, 5) is 0. The highest BCUT2D eigenvalue weighted by atomic mass is 35.5. The van der Waals surface area contributed by atoms with Gasteiger partial charge in [0.25, 0.3) is 0 Å². The molecule has 1 aromatic rings. The van der Waals surface area contributed by atoms with Crippen molar-refractivity contribution in [3.63, 3.8) is 0 Å². The van der Waals surface area contributed by atoms with Crippen LogP contribution in [0.15, 0.2) is 30.3 Å². The molecule has 0 aliphatic rings. The summed E-state index contributed by atoms with van der Waals surface area (Å²) in [6.45, 7) is 3.27. The Kier molecular flexibility index (Phi) is 3.56. The van der Waals surface area contributed by atoms with E-state index in [1.54, 1.807) is 38.1 Å². The van der Waals surface area contributed by atoms with E-state index in [0.29, 0.717) is 5.56 Å². The lowest BCUT2D eigenvalue weighted by Gasteiger charge is -2.13. The predicted octanol–water partition coefficient (Wildman–Crippen LogP) is 2.75. The average molecular weight is 233 g/mol. The third kappa shape index (κ3) is 2.28. The fourth-order valence-corrected chi connectivity index (χ4v) is 2.81. The van der Waals surface area contributed by atoms with Gasteiger partial charge in [-0.05, 0) is 19.4 Å². The second kappa shape index (κ2) is 4.32. The van der Waals surface area contributed by atoms with Crippen molar-refractivity contribution in [3.05, 3.63) is 35.9 Å². The molecule has 0 saturated carbocycles. The van der Waals surface area contributed by atoms with Crippen molar-refractivity contribution < 1.29 is 8.42 Å². The molecule has 0 fully saturated rings. The van der Waals surface area contributed by atoms with Gasteiger partial charge in [0.1, 0.15) is 0 Å². The molecule has 0 saturated heterocycles. The van der Waals surface area contributed by atoms with Gasteiger partial charge in [-0.25, -0.2) is 8.42 Å². The van der Waals surface area contributed by atoms with E-state index >= 15 is 0 Å². The second-order valence-corrected chi connectivity index (χ2v) is 6.65.